The van der Waals surface area contributed by atoms with Gasteiger partial charge >= 0.3 is 0 Å². The predicted octanol–water partition coefficient (Wildman–Crippen LogP) is 4.84. The van der Waals surface area contributed by atoms with Gasteiger partial charge in [0, 0.05) is 35.5 Å². The topological polar surface area (TPSA) is 119 Å². The molecule has 6 rings (SSSR count). The summed E-state index contributed by atoms with van der Waals surface area (Å²) in [5.41, 5.74) is 0.937. The third kappa shape index (κ3) is 7.27. The fraction of sp³-hybridized carbons (Fsp3) is 0.364. The zero-order valence-electron chi connectivity index (χ0n) is 25.2. The van der Waals surface area contributed by atoms with Crippen molar-refractivity contribution in [3.05, 3.63) is 99.6 Å². The minimum absolute atomic E-state index is 0.00743. The maximum Gasteiger partial charge on any atom is 0.286 e. The normalized spacial score (nSPS) is 16.8. The molecule has 2 aromatic heterocycles. The van der Waals surface area contributed by atoms with Crippen molar-refractivity contribution in [2.24, 2.45) is 5.92 Å². The number of aromatic nitrogens is 3. The van der Waals surface area contributed by atoms with E-state index in [-0.39, 0.29) is 49.3 Å². The van der Waals surface area contributed by atoms with E-state index in [1.54, 1.807) is 43.3 Å². The van der Waals surface area contributed by atoms with Crippen molar-refractivity contribution >= 4 is 9.84 Å². The number of aryl methyl sites for hydroxylation is 1. The van der Waals surface area contributed by atoms with Crippen molar-refractivity contribution in [1.82, 2.24) is 14.5 Å². The number of pyridine rings is 1. The van der Waals surface area contributed by atoms with E-state index in [0.29, 0.717) is 41.5 Å². The van der Waals surface area contributed by atoms with Crippen LogP contribution in [0.2, 0.25) is 0 Å². The third-order valence-electron chi connectivity index (χ3n) is 8.04. The number of hydrogen-bond acceptors (Lipinski definition) is 9. The van der Waals surface area contributed by atoms with E-state index in [4.69, 9.17) is 18.9 Å². The quantitative estimate of drug-likeness (QED) is 0.210. The van der Waals surface area contributed by atoms with Crippen molar-refractivity contribution in [3.8, 4) is 22.8 Å². The molecular weight excluding hydrogens is 620 g/mol. The molecule has 2 atom stereocenters. The lowest BCUT2D eigenvalue weighted by Gasteiger charge is -2.30. The SMILES string of the molecule is Cc1cc(-c2cc(F)c(=O)n(Cc3ccc4c(c3)OCO4)c2)nc(S(=O)(=O)CCC(OCc2ccccc2F)C2CCCOC2)n1. The molecule has 0 spiro atoms. The van der Waals surface area contributed by atoms with Crippen molar-refractivity contribution < 1.29 is 36.1 Å². The Morgan fingerprint density at radius 3 is 2.67 bits per heavy atom. The maximum atomic E-state index is 14.9. The lowest BCUT2D eigenvalue weighted by atomic mass is 9.94. The molecule has 0 aliphatic carbocycles. The van der Waals surface area contributed by atoms with Gasteiger partial charge in [0.1, 0.15) is 5.82 Å². The van der Waals surface area contributed by atoms with Crippen LogP contribution >= 0.6 is 0 Å². The Morgan fingerprint density at radius 2 is 1.87 bits per heavy atom. The molecule has 1 saturated heterocycles. The molecule has 4 heterocycles. The Kier molecular flexibility index (Phi) is 9.43. The molecule has 0 bridgehead atoms. The van der Waals surface area contributed by atoms with Gasteiger partial charge in [-0.05, 0) is 62.1 Å². The number of ether oxygens (including phenoxy) is 4. The molecule has 0 amide bonds. The smallest absolute Gasteiger partial charge is 0.286 e. The van der Waals surface area contributed by atoms with Crippen LogP contribution in [0, 0.1) is 24.5 Å². The standard InChI is InChI=1S/C33H33F2N3O7S/c1-21-13-28(25-15-27(35)32(39)38(17-25)16-22-8-9-30-31(14-22)45-20-44-30)37-33(36-21)46(40,41)12-10-29(24-6-4-11-42-18-24)43-19-23-5-2-3-7-26(23)34/h2-3,5,7-9,13-15,17,24,29H,4,6,10-12,16,18-20H2,1H3. The first-order valence-electron chi connectivity index (χ1n) is 15.0. The van der Waals surface area contributed by atoms with Gasteiger partial charge in [0.15, 0.2) is 17.3 Å². The Morgan fingerprint density at radius 1 is 1.04 bits per heavy atom. The first-order chi connectivity index (χ1) is 22.2. The predicted molar refractivity (Wildman–Crippen MR) is 163 cm³/mol. The van der Waals surface area contributed by atoms with E-state index in [1.165, 1.54) is 22.9 Å². The molecule has 13 heteroatoms. The summed E-state index contributed by atoms with van der Waals surface area (Å²) in [5, 5.41) is -0.413. The van der Waals surface area contributed by atoms with Crippen LogP contribution in [0.1, 0.15) is 36.1 Å². The van der Waals surface area contributed by atoms with Crippen LogP contribution in [0.4, 0.5) is 8.78 Å². The van der Waals surface area contributed by atoms with Gasteiger partial charge in [-0.1, -0.05) is 24.3 Å². The average molecular weight is 654 g/mol. The molecule has 1 fully saturated rings. The Hall–Kier alpha value is -4.20. The van der Waals surface area contributed by atoms with Crippen LogP contribution in [0.3, 0.4) is 0 Å². The van der Waals surface area contributed by atoms with Crippen LogP contribution in [-0.2, 0) is 32.5 Å². The zero-order valence-corrected chi connectivity index (χ0v) is 26.0. The van der Waals surface area contributed by atoms with Gasteiger partial charge in [0.2, 0.25) is 21.8 Å². The summed E-state index contributed by atoms with van der Waals surface area (Å²) < 4.78 is 80.0. The summed E-state index contributed by atoms with van der Waals surface area (Å²) in [4.78, 5) is 21.2. The van der Waals surface area contributed by atoms with Gasteiger partial charge < -0.3 is 23.5 Å². The highest BCUT2D eigenvalue weighted by molar-refractivity contribution is 7.91. The minimum Gasteiger partial charge on any atom is -0.454 e. The number of fused-ring (bicyclic) bond motifs is 1. The fourth-order valence-corrected chi connectivity index (χ4v) is 6.86. The minimum atomic E-state index is -4.03. The van der Waals surface area contributed by atoms with E-state index < -0.39 is 38.3 Å². The zero-order chi connectivity index (χ0) is 32.3. The number of hydrogen-bond donors (Lipinski definition) is 0. The number of rotatable bonds is 11. The second-order valence-corrected chi connectivity index (χ2v) is 13.4. The monoisotopic (exact) mass is 653 g/mol. The Labute approximate surface area is 264 Å². The fourth-order valence-electron chi connectivity index (χ4n) is 5.61. The first-order valence-corrected chi connectivity index (χ1v) is 16.6. The highest BCUT2D eigenvalue weighted by Crippen LogP contribution is 2.33. The molecule has 46 heavy (non-hydrogen) atoms. The second-order valence-electron chi connectivity index (χ2n) is 11.4. The third-order valence-corrected chi connectivity index (χ3v) is 9.56. The Bertz CT molecular complexity index is 1890. The molecule has 10 nitrogen and oxygen atoms in total. The van der Waals surface area contributed by atoms with Crippen molar-refractivity contribution in [3.63, 3.8) is 0 Å². The van der Waals surface area contributed by atoms with E-state index >= 15 is 0 Å². The summed E-state index contributed by atoms with van der Waals surface area (Å²) in [6, 6.07) is 14.0. The molecule has 4 aromatic rings. The molecule has 2 unspecified atom stereocenters. The van der Waals surface area contributed by atoms with E-state index in [0.717, 1.165) is 18.9 Å². The lowest BCUT2D eigenvalue weighted by molar-refractivity contribution is -0.0551. The van der Waals surface area contributed by atoms with E-state index in [2.05, 4.69) is 9.97 Å². The number of sulfone groups is 1. The van der Waals surface area contributed by atoms with E-state index in [9.17, 15) is 22.0 Å². The molecule has 2 aliphatic heterocycles. The molecule has 0 saturated carbocycles. The first kappa shape index (κ1) is 31.8. The van der Waals surface area contributed by atoms with Crippen molar-refractivity contribution in [2.45, 2.75) is 50.6 Å². The van der Waals surface area contributed by atoms with Gasteiger partial charge in [-0.3, -0.25) is 4.79 Å². The molecule has 242 valence electrons. The van der Waals surface area contributed by atoms with Crippen LogP contribution in [0.25, 0.3) is 11.3 Å². The lowest BCUT2D eigenvalue weighted by Crippen LogP contribution is -2.33. The molecule has 2 aliphatic rings. The van der Waals surface area contributed by atoms with Gasteiger partial charge in [-0.2, -0.15) is 0 Å². The molecular formula is C33H33F2N3O7S. The van der Waals surface area contributed by atoms with Gasteiger partial charge in [-0.25, -0.2) is 27.2 Å². The maximum absolute atomic E-state index is 14.9. The van der Waals surface area contributed by atoms with Gasteiger partial charge in [0.25, 0.3) is 5.56 Å². The van der Waals surface area contributed by atoms with E-state index in [1.807, 2.05) is 0 Å². The second kappa shape index (κ2) is 13.7. The Balaban J connectivity index is 1.22. The average Bonchev–Trinajstić information content (AvgIpc) is 3.52. The summed E-state index contributed by atoms with van der Waals surface area (Å²) in [6.45, 7) is 2.78. The molecule has 0 N–H and O–H groups in total. The number of benzene rings is 2. The van der Waals surface area contributed by atoms with Crippen LogP contribution in [-0.4, -0.2) is 54.8 Å². The van der Waals surface area contributed by atoms with Crippen LogP contribution in [0.15, 0.2) is 70.7 Å². The largest absolute Gasteiger partial charge is 0.454 e. The van der Waals surface area contributed by atoms with Gasteiger partial charge in [-0.15, -0.1) is 0 Å². The number of halogens is 2. The van der Waals surface area contributed by atoms with Crippen LogP contribution in [0.5, 0.6) is 11.5 Å². The van der Waals surface area contributed by atoms with Crippen molar-refractivity contribution in [1.29, 1.82) is 0 Å². The molecule has 2 aromatic carbocycles. The highest BCUT2D eigenvalue weighted by Gasteiger charge is 2.29. The van der Waals surface area contributed by atoms with Gasteiger partial charge in [0.05, 0.1) is 37.3 Å². The molecule has 0 radical (unpaired) electrons. The number of nitrogens with zero attached hydrogens (tertiary/aromatic N) is 3. The highest BCUT2D eigenvalue weighted by atomic mass is 32.2. The van der Waals surface area contributed by atoms with Crippen molar-refractivity contribution in [2.75, 3.05) is 25.8 Å². The van der Waals surface area contributed by atoms with Crippen LogP contribution < -0.4 is 15.0 Å². The summed E-state index contributed by atoms with van der Waals surface area (Å²) in [5.74, 6) is -0.683. The summed E-state index contributed by atoms with van der Waals surface area (Å²) in [6.07, 6.45) is 2.65. The summed E-state index contributed by atoms with van der Waals surface area (Å²) in [7, 11) is -4.03. The summed E-state index contributed by atoms with van der Waals surface area (Å²) >= 11 is 0.